The zero-order valence-corrected chi connectivity index (χ0v) is 25.3. The van der Waals surface area contributed by atoms with E-state index in [1.165, 1.54) is 25.3 Å². The molecule has 1 unspecified atom stereocenters. The van der Waals surface area contributed by atoms with Crippen LogP contribution < -0.4 is 19.7 Å². The Kier molecular flexibility index (Phi) is 6.66. The molecule has 1 spiro atoms. The number of anilines is 2. The second-order valence-corrected chi connectivity index (χ2v) is 11.6. The van der Waals surface area contributed by atoms with Crippen LogP contribution in [0.1, 0.15) is 67.0 Å². The number of hydrogen-bond acceptors (Lipinski definition) is 7. The van der Waals surface area contributed by atoms with Crippen LogP contribution in [-0.2, 0) is 10.3 Å². The Morgan fingerprint density at radius 1 is 0.952 bits per heavy atom. The van der Waals surface area contributed by atoms with E-state index in [9.17, 15) is 9.59 Å². The van der Waals surface area contributed by atoms with Crippen molar-refractivity contribution in [2.45, 2.75) is 45.2 Å². The summed E-state index contributed by atoms with van der Waals surface area (Å²) in [6.07, 6.45) is 1.53. The number of aromatic nitrogens is 4. The van der Waals surface area contributed by atoms with Crippen molar-refractivity contribution in [1.82, 2.24) is 19.5 Å². The first kappa shape index (κ1) is 28.0. The van der Waals surface area contributed by atoms with Crippen molar-refractivity contribution in [2.75, 3.05) is 24.4 Å². The minimum Gasteiger partial charge on any atom is -0.480 e. The fourth-order valence-electron chi connectivity index (χ4n) is 5.96. The van der Waals surface area contributed by atoms with E-state index < -0.39 is 17.4 Å². The Morgan fingerprint density at radius 3 is 2.33 bits per heavy atom. The van der Waals surface area contributed by atoms with Crippen LogP contribution in [0, 0.1) is 0 Å². The van der Waals surface area contributed by atoms with Crippen LogP contribution >= 0.6 is 23.2 Å². The minimum atomic E-state index is -1.61. The van der Waals surface area contributed by atoms with Gasteiger partial charge in [0.25, 0.3) is 11.8 Å². The van der Waals surface area contributed by atoms with Gasteiger partial charge in [-0.15, -0.1) is 0 Å². The monoisotopic (exact) mass is 606 g/mol. The van der Waals surface area contributed by atoms with Gasteiger partial charge in [0, 0.05) is 33.5 Å². The number of carbonyl (C=O) groups is 2. The number of nitrogens with zero attached hydrogens (tertiary/aromatic N) is 5. The highest BCUT2D eigenvalue weighted by atomic mass is 35.5. The van der Waals surface area contributed by atoms with E-state index in [1.54, 1.807) is 30.3 Å². The predicted octanol–water partition coefficient (Wildman–Crippen LogP) is 6.22. The van der Waals surface area contributed by atoms with E-state index >= 15 is 0 Å². The molecule has 1 N–H and O–H groups in total. The van der Waals surface area contributed by atoms with Crippen LogP contribution in [0.3, 0.4) is 0 Å². The quantitative estimate of drug-likeness (QED) is 0.277. The van der Waals surface area contributed by atoms with Gasteiger partial charge in [-0.3, -0.25) is 14.5 Å². The SMILES string of the molecule is COc1ncc(-c2nc3c(n2C(C)C)C2(C(=O)Nc4cc(Cl)ccc42)N(c2cc(Cl)ccc2C(C)C)C3=O)c(OC)n1. The van der Waals surface area contributed by atoms with Crippen LogP contribution in [0.2, 0.25) is 10.0 Å². The van der Waals surface area contributed by atoms with Crippen molar-refractivity contribution in [3.05, 3.63) is 75.2 Å². The molecule has 2 aromatic carbocycles. The highest BCUT2D eigenvalue weighted by Gasteiger charge is 2.64. The van der Waals surface area contributed by atoms with Gasteiger partial charge in [0.2, 0.25) is 5.88 Å². The number of ether oxygens (including phenoxy) is 2. The number of fused-ring (bicyclic) bond motifs is 4. The number of nitrogens with one attached hydrogen (secondary N) is 1. The Balaban J connectivity index is 1.73. The summed E-state index contributed by atoms with van der Waals surface area (Å²) in [5.74, 6) is -0.236. The molecule has 2 aromatic heterocycles. The highest BCUT2D eigenvalue weighted by molar-refractivity contribution is 6.32. The number of imidazole rings is 1. The number of hydrogen-bond donors (Lipinski definition) is 1. The number of methoxy groups -OCH3 is 2. The van der Waals surface area contributed by atoms with Gasteiger partial charge in [-0.25, -0.2) is 9.97 Å². The number of amides is 2. The third-order valence-corrected chi connectivity index (χ3v) is 8.13. The summed E-state index contributed by atoms with van der Waals surface area (Å²) >= 11 is 12.9. The molecular weight excluding hydrogens is 579 g/mol. The maximum atomic E-state index is 14.7. The molecule has 0 radical (unpaired) electrons. The topological polar surface area (TPSA) is 111 Å². The third-order valence-electron chi connectivity index (χ3n) is 7.66. The molecule has 0 aliphatic carbocycles. The third kappa shape index (κ3) is 3.81. The Bertz CT molecular complexity index is 1790. The first-order chi connectivity index (χ1) is 20.0. The minimum absolute atomic E-state index is 0.0210. The summed E-state index contributed by atoms with van der Waals surface area (Å²) < 4.78 is 12.6. The molecule has 12 heteroatoms. The summed E-state index contributed by atoms with van der Waals surface area (Å²) in [5.41, 5.74) is 1.84. The van der Waals surface area contributed by atoms with Crippen LogP contribution in [0.15, 0.2) is 42.6 Å². The number of rotatable bonds is 6. The lowest BCUT2D eigenvalue weighted by atomic mass is 9.86. The van der Waals surface area contributed by atoms with Crippen molar-refractivity contribution in [3.8, 4) is 23.3 Å². The van der Waals surface area contributed by atoms with Gasteiger partial charge in [0.1, 0.15) is 5.82 Å². The van der Waals surface area contributed by atoms with Crippen LogP contribution in [-0.4, -0.2) is 45.6 Å². The normalized spacial score (nSPS) is 17.3. The number of benzene rings is 2. The van der Waals surface area contributed by atoms with Gasteiger partial charge in [0.05, 0.1) is 31.2 Å². The molecule has 0 fully saturated rings. The van der Waals surface area contributed by atoms with E-state index in [0.29, 0.717) is 44.1 Å². The molecule has 2 aliphatic rings. The first-order valence-electron chi connectivity index (χ1n) is 13.4. The maximum Gasteiger partial charge on any atom is 0.319 e. The zero-order chi connectivity index (χ0) is 30.1. The van der Waals surface area contributed by atoms with Gasteiger partial charge in [-0.05, 0) is 49.6 Å². The van der Waals surface area contributed by atoms with Gasteiger partial charge in [-0.2, -0.15) is 4.98 Å². The largest absolute Gasteiger partial charge is 0.480 e. The molecule has 0 saturated heterocycles. The van der Waals surface area contributed by atoms with E-state index in [2.05, 4.69) is 15.3 Å². The molecular formula is C30H28Cl2N6O4. The lowest BCUT2D eigenvalue weighted by Gasteiger charge is -2.37. The van der Waals surface area contributed by atoms with Crippen LogP contribution in [0.4, 0.5) is 11.4 Å². The fourth-order valence-corrected chi connectivity index (χ4v) is 6.30. The number of carbonyl (C=O) groups excluding carboxylic acids is 2. The second kappa shape index (κ2) is 9.99. The summed E-state index contributed by atoms with van der Waals surface area (Å²) in [7, 11) is 2.94. The fraction of sp³-hybridized carbons (Fsp3) is 0.300. The molecule has 4 heterocycles. The van der Waals surface area contributed by atoms with Crippen molar-refractivity contribution in [1.29, 1.82) is 0 Å². The lowest BCUT2D eigenvalue weighted by Crippen LogP contribution is -2.51. The molecule has 2 aliphatic heterocycles. The zero-order valence-electron chi connectivity index (χ0n) is 23.8. The van der Waals surface area contributed by atoms with Gasteiger partial charge >= 0.3 is 6.01 Å². The van der Waals surface area contributed by atoms with Gasteiger partial charge in [0.15, 0.2) is 11.2 Å². The molecule has 0 bridgehead atoms. The van der Waals surface area contributed by atoms with E-state index in [-0.39, 0.29) is 29.5 Å². The maximum absolute atomic E-state index is 14.7. The van der Waals surface area contributed by atoms with E-state index in [0.717, 1.165) is 5.56 Å². The Morgan fingerprint density at radius 2 is 1.67 bits per heavy atom. The van der Waals surface area contributed by atoms with Gasteiger partial charge in [-0.1, -0.05) is 49.2 Å². The Labute approximate surface area is 252 Å². The molecule has 0 saturated carbocycles. The van der Waals surface area contributed by atoms with Crippen molar-refractivity contribution in [3.63, 3.8) is 0 Å². The van der Waals surface area contributed by atoms with Gasteiger partial charge < -0.3 is 19.4 Å². The smallest absolute Gasteiger partial charge is 0.319 e. The average Bonchev–Trinajstić information content (AvgIpc) is 3.56. The predicted molar refractivity (Wildman–Crippen MR) is 160 cm³/mol. The van der Waals surface area contributed by atoms with E-state index in [1.807, 2.05) is 38.3 Å². The second-order valence-electron chi connectivity index (χ2n) is 10.7. The average molecular weight is 607 g/mol. The summed E-state index contributed by atoms with van der Waals surface area (Å²) in [5, 5.41) is 3.88. The molecule has 6 rings (SSSR count). The molecule has 10 nitrogen and oxygen atoms in total. The lowest BCUT2D eigenvalue weighted by molar-refractivity contribution is -0.119. The molecule has 2 amide bonds. The van der Waals surface area contributed by atoms with Crippen molar-refractivity contribution < 1.29 is 19.1 Å². The summed E-state index contributed by atoms with van der Waals surface area (Å²) in [4.78, 5) is 44.1. The van der Waals surface area contributed by atoms with Crippen LogP contribution in [0.25, 0.3) is 11.4 Å². The molecule has 216 valence electrons. The molecule has 4 aromatic rings. The van der Waals surface area contributed by atoms with Crippen LogP contribution in [0.5, 0.6) is 11.9 Å². The highest BCUT2D eigenvalue weighted by Crippen LogP contribution is 2.55. The number of halogens is 2. The molecule has 42 heavy (non-hydrogen) atoms. The summed E-state index contributed by atoms with van der Waals surface area (Å²) in [6, 6.07) is 10.4. The van der Waals surface area contributed by atoms with Crippen molar-refractivity contribution >= 4 is 46.4 Å². The van der Waals surface area contributed by atoms with E-state index in [4.69, 9.17) is 37.7 Å². The Hall–Kier alpha value is -4.15. The van der Waals surface area contributed by atoms with Crippen molar-refractivity contribution in [2.24, 2.45) is 0 Å². The standard InChI is InChI=1S/C30H28Cl2N6O4/c1-14(2)18-9-7-17(32)12-22(18)38-27(39)23-24(30(38)20-10-8-16(31)11-21(20)34-28(30)40)37(15(3)4)25(35-23)19-13-33-29(42-6)36-26(19)41-5/h7-15H,1-6H3,(H,34,40). The summed E-state index contributed by atoms with van der Waals surface area (Å²) in [6.45, 7) is 7.96. The first-order valence-corrected chi connectivity index (χ1v) is 14.1. The molecule has 1 atom stereocenters.